The number of hydrogen-bond donors (Lipinski definition) is 2. The maximum Gasteiger partial charge on any atom is 0.472 e. The predicted octanol–water partition coefficient (Wildman–Crippen LogP) is 5.14. The van der Waals surface area contributed by atoms with Crippen molar-refractivity contribution >= 4 is 13.8 Å². The summed E-state index contributed by atoms with van der Waals surface area (Å²) in [5.41, 5.74) is 0. The van der Waals surface area contributed by atoms with Crippen LogP contribution in [0.25, 0.3) is 0 Å². The Hall–Kier alpha value is -0.460. The number of esters is 1. The van der Waals surface area contributed by atoms with Gasteiger partial charge >= 0.3 is 13.8 Å². The number of phosphoric acid groups is 1. The van der Waals surface area contributed by atoms with Crippen molar-refractivity contribution in [1.82, 2.24) is 0 Å². The summed E-state index contributed by atoms with van der Waals surface area (Å²) in [7, 11) is -4.17. The number of unbranched alkanes of at least 4 members (excludes halogenated alkanes) is 10. The normalized spacial score (nSPS) is 14.6. The van der Waals surface area contributed by atoms with E-state index in [-0.39, 0.29) is 19.6 Å². The molecule has 28 heavy (non-hydrogen) atoms. The van der Waals surface area contributed by atoms with Gasteiger partial charge in [0, 0.05) is 6.42 Å². The van der Waals surface area contributed by atoms with E-state index in [1.54, 1.807) is 6.92 Å². The second-order valence-corrected chi connectivity index (χ2v) is 8.63. The van der Waals surface area contributed by atoms with Gasteiger partial charge in [-0.2, -0.15) is 0 Å². The van der Waals surface area contributed by atoms with Crippen molar-refractivity contribution in [3.63, 3.8) is 0 Å². The van der Waals surface area contributed by atoms with Crippen molar-refractivity contribution in [2.24, 2.45) is 0 Å². The van der Waals surface area contributed by atoms with Gasteiger partial charge in [0.1, 0.15) is 6.10 Å². The Morgan fingerprint density at radius 3 is 1.89 bits per heavy atom. The maximum absolute atomic E-state index is 11.8. The van der Waals surface area contributed by atoms with Gasteiger partial charge in [-0.1, -0.05) is 78.1 Å². The van der Waals surface area contributed by atoms with Crippen LogP contribution in [0.1, 0.15) is 97.3 Å². The number of aliphatic hydroxyl groups is 1. The Balaban J connectivity index is 3.68. The van der Waals surface area contributed by atoms with E-state index in [1.807, 2.05) is 0 Å². The largest absolute Gasteiger partial charge is 0.472 e. The highest BCUT2D eigenvalue weighted by atomic mass is 31.2. The minimum absolute atomic E-state index is 0.0935. The van der Waals surface area contributed by atoms with Crippen LogP contribution in [0, 0.1) is 0 Å². The van der Waals surface area contributed by atoms with Crippen LogP contribution >= 0.6 is 7.82 Å². The topological polar surface area (TPSA) is 102 Å². The zero-order valence-electron chi connectivity index (χ0n) is 17.8. The van der Waals surface area contributed by atoms with Crippen molar-refractivity contribution < 1.29 is 33.1 Å². The molecule has 8 heteroatoms. The fourth-order valence-electron chi connectivity index (χ4n) is 2.72. The Labute approximate surface area is 170 Å². The Bertz CT molecular complexity index is 417. The molecule has 0 radical (unpaired) electrons. The molecule has 0 aromatic carbocycles. The van der Waals surface area contributed by atoms with Crippen LogP contribution in [0.15, 0.2) is 0 Å². The predicted molar refractivity (Wildman–Crippen MR) is 110 cm³/mol. The summed E-state index contributed by atoms with van der Waals surface area (Å²) in [6.07, 6.45) is 13.1. The van der Waals surface area contributed by atoms with Crippen LogP contribution in [0.3, 0.4) is 0 Å². The summed E-state index contributed by atoms with van der Waals surface area (Å²) in [4.78, 5) is 21.2. The average Bonchev–Trinajstić information content (AvgIpc) is 2.67. The molecule has 0 spiro atoms. The molecule has 0 bridgehead atoms. The van der Waals surface area contributed by atoms with Crippen LogP contribution < -0.4 is 0 Å². The minimum atomic E-state index is -4.17. The summed E-state index contributed by atoms with van der Waals surface area (Å²) in [5.74, 6) is -0.430. The molecule has 0 fully saturated rings. The minimum Gasteiger partial charge on any atom is -0.457 e. The third-order valence-corrected chi connectivity index (χ3v) is 5.35. The lowest BCUT2D eigenvalue weighted by molar-refractivity contribution is -0.153. The van der Waals surface area contributed by atoms with Gasteiger partial charge in [0.2, 0.25) is 0 Å². The van der Waals surface area contributed by atoms with Gasteiger partial charge in [0.25, 0.3) is 0 Å². The maximum atomic E-state index is 11.8. The number of carbonyl (C=O) groups is 1. The van der Waals surface area contributed by atoms with Crippen molar-refractivity contribution in [3.8, 4) is 0 Å². The second kappa shape index (κ2) is 18.6. The van der Waals surface area contributed by atoms with E-state index in [4.69, 9.17) is 9.26 Å². The molecule has 0 heterocycles. The van der Waals surface area contributed by atoms with E-state index >= 15 is 0 Å². The first-order valence-corrected chi connectivity index (χ1v) is 12.4. The summed E-state index contributed by atoms with van der Waals surface area (Å²) >= 11 is 0. The van der Waals surface area contributed by atoms with Crippen LogP contribution in [0.5, 0.6) is 0 Å². The fourth-order valence-corrected chi connectivity index (χ4v) is 3.57. The smallest absolute Gasteiger partial charge is 0.457 e. The van der Waals surface area contributed by atoms with Gasteiger partial charge < -0.3 is 14.7 Å². The lowest BCUT2D eigenvalue weighted by Crippen LogP contribution is -2.26. The van der Waals surface area contributed by atoms with Crippen LogP contribution in [0.4, 0.5) is 0 Å². The zero-order valence-corrected chi connectivity index (χ0v) is 18.7. The Morgan fingerprint density at radius 2 is 1.39 bits per heavy atom. The summed E-state index contributed by atoms with van der Waals surface area (Å²) in [6.45, 7) is 3.27. The molecule has 0 aliphatic heterocycles. The number of carbonyl (C=O) groups excluding carboxylic acids is 1. The number of hydrogen-bond acceptors (Lipinski definition) is 6. The number of ether oxygens (including phenoxy) is 1. The number of phosphoric ester groups is 1. The van der Waals surface area contributed by atoms with Gasteiger partial charge in [-0.25, -0.2) is 4.57 Å². The molecule has 2 unspecified atom stereocenters. The Morgan fingerprint density at radius 1 is 0.857 bits per heavy atom. The van der Waals surface area contributed by atoms with Crippen molar-refractivity contribution in [3.05, 3.63) is 0 Å². The average molecular weight is 425 g/mol. The summed E-state index contributed by atoms with van der Waals surface area (Å²) in [6, 6.07) is 0. The lowest BCUT2D eigenvalue weighted by atomic mass is 10.1. The third-order valence-electron chi connectivity index (χ3n) is 4.37. The molecule has 7 nitrogen and oxygen atoms in total. The standard InChI is InChI=1S/C20H41O7P/c1-3-5-6-7-8-9-10-11-12-13-14-15-20(22)27-19(17-21)18-26-28(23,24)25-16-4-2/h19,21H,3-18H2,1-2H3,(H,23,24). The van der Waals surface area contributed by atoms with Crippen molar-refractivity contribution in [2.75, 3.05) is 19.8 Å². The van der Waals surface area contributed by atoms with Crippen LogP contribution in [0.2, 0.25) is 0 Å². The molecular weight excluding hydrogens is 383 g/mol. The van der Waals surface area contributed by atoms with Crippen molar-refractivity contribution in [2.45, 2.75) is 103 Å². The molecule has 0 aliphatic rings. The zero-order chi connectivity index (χ0) is 21.1. The highest BCUT2D eigenvalue weighted by Gasteiger charge is 2.24. The van der Waals surface area contributed by atoms with Crippen LogP contribution in [-0.2, 0) is 23.1 Å². The molecule has 168 valence electrons. The van der Waals surface area contributed by atoms with E-state index in [0.717, 1.165) is 19.3 Å². The number of rotatable bonds is 20. The molecule has 2 atom stereocenters. The first-order chi connectivity index (χ1) is 13.4. The number of aliphatic hydroxyl groups excluding tert-OH is 1. The summed E-state index contributed by atoms with van der Waals surface area (Å²) < 4.78 is 26.1. The molecular formula is C20H41O7P. The molecule has 0 aliphatic carbocycles. The first kappa shape index (κ1) is 27.5. The molecule has 0 saturated carbocycles. The molecule has 2 N–H and O–H groups in total. The molecule has 0 aromatic heterocycles. The highest BCUT2D eigenvalue weighted by Crippen LogP contribution is 2.43. The van der Waals surface area contributed by atoms with E-state index in [1.165, 1.54) is 51.4 Å². The molecule has 0 aromatic rings. The second-order valence-electron chi connectivity index (χ2n) is 7.18. The van der Waals surface area contributed by atoms with E-state index in [9.17, 15) is 19.4 Å². The SMILES string of the molecule is CCCCCCCCCCCCCC(=O)OC(CO)COP(=O)(O)OCCC. The molecule has 0 saturated heterocycles. The van der Waals surface area contributed by atoms with E-state index < -0.39 is 26.5 Å². The van der Waals surface area contributed by atoms with Gasteiger partial charge in [-0.15, -0.1) is 0 Å². The van der Waals surface area contributed by atoms with Gasteiger partial charge in [0.15, 0.2) is 0 Å². The van der Waals surface area contributed by atoms with Gasteiger partial charge in [0.05, 0.1) is 19.8 Å². The van der Waals surface area contributed by atoms with Crippen molar-refractivity contribution in [1.29, 1.82) is 0 Å². The van der Waals surface area contributed by atoms with E-state index in [2.05, 4.69) is 11.4 Å². The van der Waals surface area contributed by atoms with Gasteiger partial charge in [-0.05, 0) is 12.8 Å². The summed E-state index contributed by atoms with van der Waals surface area (Å²) in [5, 5.41) is 9.24. The van der Waals surface area contributed by atoms with E-state index in [0.29, 0.717) is 6.42 Å². The first-order valence-electron chi connectivity index (χ1n) is 10.9. The monoisotopic (exact) mass is 424 g/mol. The Kier molecular flexibility index (Phi) is 18.3. The van der Waals surface area contributed by atoms with Gasteiger partial charge in [-0.3, -0.25) is 13.8 Å². The molecule has 0 rings (SSSR count). The fraction of sp³-hybridized carbons (Fsp3) is 0.950. The van der Waals surface area contributed by atoms with Crippen LogP contribution in [-0.4, -0.2) is 41.9 Å². The lowest BCUT2D eigenvalue weighted by Gasteiger charge is -2.17. The quantitative estimate of drug-likeness (QED) is 0.159. The molecule has 0 amide bonds. The third kappa shape index (κ3) is 17.6. The highest BCUT2D eigenvalue weighted by molar-refractivity contribution is 7.47.